The first-order valence-corrected chi connectivity index (χ1v) is 3.12. The van der Waals surface area contributed by atoms with Crippen molar-refractivity contribution < 1.29 is 17.6 Å². The standard InChI is InChI=1S/C7H5F4N/c1-3-5(8)6(9)4(2-12-3)7(10)11/h2,7H,1H3. The molecule has 1 rings (SSSR count). The van der Waals surface area contributed by atoms with E-state index in [1.165, 1.54) is 6.92 Å². The number of hydrogen-bond acceptors (Lipinski definition) is 1. The zero-order valence-corrected chi connectivity index (χ0v) is 6.11. The lowest BCUT2D eigenvalue weighted by atomic mass is 10.2. The summed E-state index contributed by atoms with van der Waals surface area (Å²) in [5, 5.41) is 0. The summed E-state index contributed by atoms with van der Waals surface area (Å²) in [6.07, 6.45) is -2.40. The van der Waals surface area contributed by atoms with Crippen LogP contribution >= 0.6 is 0 Å². The summed E-state index contributed by atoms with van der Waals surface area (Å²) in [6.45, 7) is 1.20. The van der Waals surface area contributed by atoms with Crippen molar-refractivity contribution in [1.29, 1.82) is 0 Å². The Kier molecular flexibility index (Phi) is 2.30. The van der Waals surface area contributed by atoms with Gasteiger partial charge in [0.2, 0.25) is 0 Å². The molecule has 1 aromatic heterocycles. The molecule has 0 spiro atoms. The van der Waals surface area contributed by atoms with Crippen LogP contribution in [0.15, 0.2) is 6.20 Å². The van der Waals surface area contributed by atoms with E-state index in [9.17, 15) is 17.6 Å². The van der Waals surface area contributed by atoms with Gasteiger partial charge in [-0.2, -0.15) is 0 Å². The van der Waals surface area contributed by atoms with Gasteiger partial charge in [0.1, 0.15) is 0 Å². The lowest BCUT2D eigenvalue weighted by molar-refractivity contribution is 0.144. The second-order valence-electron chi connectivity index (χ2n) is 2.23. The van der Waals surface area contributed by atoms with E-state index in [0.717, 1.165) is 0 Å². The Labute approximate surface area is 66.0 Å². The van der Waals surface area contributed by atoms with Crippen LogP contribution in [0.3, 0.4) is 0 Å². The Bertz CT molecular complexity index is 298. The van der Waals surface area contributed by atoms with Gasteiger partial charge in [-0.05, 0) is 6.92 Å². The predicted octanol–water partition coefficient (Wildman–Crippen LogP) is 2.61. The molecule has 1 heterocycles. The molecule has 0 amide bonds. The minimum Gasteiger partial charge on any atom is -0.258 e. The van der Waals surface area contributed by atoms with Crippen LogP contribution in [-0.4, -0.2) is 4.98 Å². The summed E-state index contributed by atoms with van der Waals surface area (Å²) < 4.78 is 49.0. The third-order valence-corrected chi connectivity index (χ3v) is 1.40. The van der Waals surface area contributed by atoms with E-state index in [1.807, 2.05) is 0 Å². The van der Waals surface area contributed by atoms with Gasteiger partial charge < -0.3 is 0 Å². The second-order valence-corrected chi connectivity index (χ2v) is 2.23. The molecule has 0 saturated heterocycles. The molecule has 0 aliphatic rings. The van der Waals surface area contributed by atoms with Crippen molar-refractivity contribution in [3.8, 4) is 0 Å². The van der Waals surface area contributed by atoms with E-state index in [4.69, 9.17) is 0 Å². The van der Waals surface area contributed by atoms with Gasteiger partial charge in [0.25, 0.3) is 6.43 Å². The first-order chi connectivity index (χ1) is 5.54. The fourth-order valence-corrected chi connectivity index (χ4v) is 0.717. The summed E-state index contributed by atoms with van der Waals surface area (Å²) in [5.41, 5.74) is -1.23. The van der Waals surface area contributed by atoms with Gasteiger partial charge in [-0.25, -0.2) is 17.6 Å². The van der Waals surface area contributed by atoms with Gasteiger partial charge in [0, 0.05) is 6.20 Å². The van der Waals surface area contributed by atoms with E-state index in [2.05, 4.69) is 4.98 Å². The summed E-state index contributed by atoms with van der Waals surface area (Å²) in [4.78, 5) is 3.27. The number of hydrogen-bond donors (Lipinski definition) is 0. The van der Waals surface area contributed by atoms with Crippen LogP contribution in [0.4, 0.5) is 17.6 Å². The van der Waals surface area contributed by atoms with Gasteiger partial charge >= 0.3 is 0 Å². The predicted molar refractivity (Wildman–Crippen MR) is 33.8 cm³/mol. The molecule has 0 N–H and O–H groups in total. The van der Waals surface area contributed by atoms with Gasteiger partial charge in [0.05, 0.1) is 11.3 Å². The minimum absolute atomic E-state index is 0.225. The molecule has 0 aromatic carbocycles. The SMILES string of the molecule is Cc1ncc(C(F)F)c(F)c1F. The van der Waals surface area contributed by atoms with E-state index in [-0.39, 0.29) is 5.69 Å². The Morgan fingerprint density at radius 3 is 2.33 bits per heavy atom. The maximum atomic E-state index is 12.6. The zero-order valence-electron chi connectivity index (χ0n) is 6.11. The van der Waals surface area contributed by atoms with Gasteiger partial charge in [-0.3, -0.25) is 4.98 Å². The van der Waals surface area contributed by atoms with Crippen LogP contribution in [0, 0.1) is 18.6 Å². The highest BCUT2D eigenvalue weighted by atomic mass is 19.3. The third-order valence-electron chi connectivity index (χ3n) is 1.40. The number of aryl methyl sites for hydroxylation is 1. The van der Waals surface area contributed by atoms with Crippen LogP contribution in [0.5, 0.6) is 0 Å². The monoisotopic (exact) mass is 179 g/mol. The molecular weight excluding hydrogens is 174 g/mol. The quantitative estimate of drug-likeness (QED) is 0.604. The van der Waals surface area contributed by atoms with Crippen LogP contribution in [-0.2, 0) is 0 Å². The fraction of sp³-hybridized carbons (Fsp3) is 0.286. The molecule has 0 aliphatic carbocycles. The number of rotatable bonds is 1. The van der Waals surface area contributed by atoms with E-state index >= 15 is 0 Å². The van der Waals surface area contributed by atoms with Gasteiger partial charge in [-0.1, -0.05) is 0 Å². The van der Waals surface area contributed by atoms with Crippen molar-refractivity contribution in [3.05, 3.63) is 29.1 Å². The number of nitrogens with zero attached hydrogens (tertiary/aromatic N) is 1. The van der Waals surface area contributed by atoms with Crippen molar-refractivity contribution in [2.24, 2.45) is 0 Å². The molecule has 0 saturated carbocycles. The molecule has 0 aliphatic heterocycles. The summed E-state index contributed by atoms with van der Waals surface area (Å²) in [6, 6.07) is 0. The molecule has 0 radical (unpaired) electrons. The molecule has 1 aromatic rings. The Morgan fingerprint density at radius 1 is 1.25 bits per heavy atom. The molecule has 66 valence electrons. The highest BCUT2D eigenvalue weighted by Gasteiger charge is 2.18. The van der Waals surface area contributed by atoms with Crippen molar-refractivity contribution >= 4 is 0 Å². The molecule has 0 atom stereocenters. The van der Waals surface area contributed by atoms with Crippen LogP contribution in [0.2, 0.25) is 0 Å². The molecule has 12 heavy (non-hydrogen) atoms. The first kappa shape index (κ1) is 8.96. The normalized spacial score (nSPS) is 10.8. The number of pyridine rings is 1. The lowest BCUT2D eigenvalue weighted by Gasteiger charge is -2.02. The van der Waals surface area contributed by atoms with Crippen LogP contribution in [0.25, 0.3) is 0 Å². The Morgan fingerprint density at radius 2 is 1.83 bits per heavy atom. The zero-order chi connectivity index (χ0) is 9.30. The topological polar surface area (TPSA) is 12.9 Å². The Hall–Kier alpha value is -1.13. The van der Waals surface area contributed by atoms with E-state index in [1.54, 1.807) is 0 Å². The molecule has 5 heteroatoms. The average Bonchev–Trinajstić information content (AvgIpc) is 2.00. The lowest BCUT2D eigenvalue weighted by Crippen LogP contribution is -1.99. The van der Waals surface area contributed by atoms with E-state index < -0.39 is 23.6 Å². The molecule has 0 fully saturated rings. The maximum Gasteiger partial charge on any atom is 0.268 e. The maximum absolute atomic E-state index is 12.6. The largest absolute Gasteiger partial charge is 0.268 e. The molecular formula is C7H5F4N. The first-order valence-electron chi connectivity index (χ1n) is 3.12. The average molecular weight is 179 g/mol. The second kappa shape index (κ2) is 3.08. The Balaban J connectivity index is 3.27. The highest BCUT2D eigenvalue weighted by molar-refractivity contribution is 5.18. The van der Waals surface area contributed by atoms with Crippen molar-refractivity contribution in [3.63, 3.8) is 0 Å². The smallest absolute Gasteiger partial charge is 0.258 e. The fourth-order valence-electron chi connectivity index (χ4n) is 0.717. The number of alkyl halides is 2. The van der Waals surface area contributed by atoms with Crippen molar-refractivity contribution in [2.75, 3.05) is 0 Å². The number of halogens is 4. The number of aromatic nitrogens is 1. The van der Waals surface area contributed by atoms with E-state index in [0.29, 0.717) is 6.20 Å². The molecule has 1 nitrogen and oxygen atoms in total. The van der Waals surface area contributed by atoms with Gasteiger partial charge in [0.15, 0.2) is 11.6 Å². The van der Waals surface area contributed by atoms with Crippen molar-refractivity contribution in [2.45, 2.75) is 13.3 Å². The van der Waals surface area contributed by atoms with Crippen molar-refractivity contribution in [1.82, 2.24) is 4.98 Å². The summed E-state index contributed by atoms with van der Waals surface area (Å²) >= 11 is 0. The summed E-state index contributed by atoms with van der Waals surface area (Å²) in [7, 11) is 0. The third kappa shape index (κ3) is 1.39. The highest BCUT2D eigenvalue weighted by Crippen LogP contribution is 2.23. The van der Waals surface area contributed by atoms with Crippen LogP contribution < -0.4 is 0 Å². The van der Waals surface area contributed by atoms with Gasteiger partial charge in [-0.15, -0.1) is 0 Å². The minimum atomic E-state index is -3.03. The molecule has 0 bridgehead atoms. The molecule has 0 unspecified atom stereocenters. The van der Waals surface area contributed by atoms with Crippen LogP contribution in [0.1, 0.15) is 17.7 Å². The summed E-state index contributed by atoms with van der Waals surface area (Å²) in [5.74, 6) is -2.83.